The van der Waals surface area contributed by atoms with Crippen LogP contribution in [-0.2, 0) is 0 Å². The molecule has 0 atom stereocenters. The SMILES string of the molecule is Nc1cnc(-c2ccoc2)nc1. The van der Waals surface area contributed by atoms with E-state index in [1.807, 2.05) is 0 Å². The summed E-state index contributed by atoms with van der Waals surface area (Å²) in [6.07, 6.45) is 6.30. The van der Waals surface area contributed by atoms with Crippen molar-refractivity contribution in [2.45, 2.75) is 0 Å². The van der Waals surface area contributed by atoms with E-state index in [0.717, 1.165) is 5.56 Å². The second kappa shape index (κ2) is 2.65. The Morgan fingerprint density at radius 1 is 1.25 bits per heavy atom. The van der Waals surface area contributed by atoms with Gasteiger partial charge in [-0.25, -0.2) is 9.97 Å². The largest absolute Gasteiger partial charge is 0.472 e. The first-order chi connectivity index (χ1) is 5.86. The van der Waals surface area contributed by atoms with Crippen molar-refractivity contribution in [3.63, 3.8) is 0 Å². The summed E-state index contributed by atoms with van der Waals surface area (Å²) in [5, 5.41) is 0. The topological polar surface area (TPSA) is 64.9 Å². The molecule has 0 aromatic carbocycles. The molecule has 60 valence electrons. The van der Waals surface area contributed by atoms with E-state index < -0.39 is 0 Å². The molecule has 2 N–H and O–H groups in total. The van der Waals surface area contributed by atoms with Crippen LogP contribution >= 0.6 is 0 Å². The number of aromatic nitrogens is 2. The molecule has 0 saturated heterocycles. The zero-order valence-corrected chi connectivity index (χ0v) is 6.27. The molecule has 2 aromatic rings. The molecule has 0 fully saturated rings. The molecule has 0 spiro atoms. The van der Waals surface area contributed by atoms with Crippen LogP contribution in [0.4, 0.5) is 5.69 Å². The molecule has 0 aliphatic carbocycles. The van der Waals surface area contributed by atoms with Crippen LogP contribution in [-0.4, -0.2) is 9.97 Å². The molecule has 12 heavy (non-hydrogen) atoms. The molecule has 0 bridgehead atoms. The zero-order valence-electron chi connectivity index (χ0n) is 6.27. The minimum absolute atomic E-state index is 0.558. The van der Waals surface area contributed by atoms with Gasteiger partial charge in [0.05, 0.1) is 29.9 Å². The van der Waals surface area contributed by atoms with Gasteiger partial charge >= 0.3 is 0 Å². The van der Waals surface area contributed by atoms with Gasteiger partial charge in [-0.1, -0.05) is 0 Å². The lowest BCUT2D eigenvalue weighted by Crippen LogP contribution is -1.90. The van der Waals surface area contributed by atoms with Crippen molar-refractivity contribution in [2.24, 2.45) is 0 Å². The van der Waals surface area contributed by atoms with E-state index in [4.69, 9.17) is 10.2 Å². The van der Waals surface area contributed by atoms with E-state index in [0.29, 0.717) is 11.5 Å². The Kier molecular flexibility index (Phi) is 1.51. The van der Waals surface area contributed by atoms with Crippen molar-refractivity contribution in [1.82, 2.24) is 9.97 Å². The van der Waals surface area contributed by atoms with Crippen molar-refractivity contribution < 1.29 is 4.42 Å². The summed E-state index contributed by atoms with van der Waals surface area (Å²) in [7, 11) is 0. The van der Waals surface area contributed by atoms with Gasteiger partial charge in [0.2, 0.25) is 0 Å². The van der Waals surface area contributed by atoms with E-state index in [1.165, 1.54) is 0 Å². The maximum absolute atomic E-state index is 5.43. The number of hydrogen-bond acceptors (Lipinski definition) is 4. The molecule has 2 heterocycles. The molecular weight excluding hydrogens is 154 g/mol. The lowest BCUT2D eigenvalue weighted by atomic mass is 10.3. The number of nitrogens with zero attached hydrogens (tertiary/aromatic N) is 2. The maximum atomic E-state index is 5.43. The highest BCUT2D eigenvalue weighted by Crippen LogP contribution is 2.14. The molecule has 0 unspecified atom stereocenters. The number of furan rings is 1. The minimum Gasteiger partial charge on any atom is -0.472 e. The Balaban J connectivity index is 2.43. The Hall–Kier alpha value is -1.84. The highest BCUT2D eigenvalue weighted by molar-refractivity contribution is 5.53. The summed E-state index contributed by atoms with van der Waals surface area (Å²) in [6.45, 7) is 0. The van der Waals surface area contributed by atoms with Crippen molar-refractivity contribution in [3.05, 3.63) is 31.0 Å². The van der Waals surface area contributed by atoms with E-state index >= 15 is 0 Å². The van der Waals surface area contributed by atoms with Crippen LogP contribution in [0.25, 0.3) is 11.4 Å². The lowest BCUT2D eigenvalue weighted by molar-refractivity contribution is 0.568. The smallest absolute Gasteiger partial charge is 0.162 e. The first kappa shape index (κ1) is 6.84. The van der Waals surface area contributed by atoms with Crippen LogP contribution in [0.1, 0.15) is 0 Å². The van der Waals surface area contributed by atoms with E-state index in [1.54, 1.807) is 31.0 Å². The molecule has 4 heteroatoms. The Labute approximate surface area is 69.1 Å². The zero-order chi connectivity index (χ0) is 8.39. The fourth-order valence-corrected chi connectivity index (χ4v) is 0.879. The molecule has 2 rings (SSSR count). The van der Waals surface area contributed by atoms with Gasteiger partial charge in [0.15, 0.2) is 5.82 Å². The van der Waals surface area contributed by atoms with E-state index in [2.05, 4.69) is 9.97 Å². The van der Waals surface area contributed by atoms with Crippen LogP contribution in [0.5, 0.6) is 0 Å². The second-order valence-corrected chi connectivity index (χ2v) is 2.35. The normalized spacial score (nSPS) is 10.0. The second-order valence-electron chi connectivity index (χ2n) is 2.35. The predicted molar refractivity (Wildman–Crippen MR) is 44.1 cm³/mol. The van der Waals surface area contributed by atoms with Crippen molar-refractivity contribution in [2.75, 3.05) is 5.73 Å². The number of anilines is 1. The average molecular weight is 161 g/mol. The standard InChI is InChI=1S/C8H7N3O/c9-7-3-10-8(11-4-7)6-1-2-12-5-6/h1-5H,9H2. The third kappa shape index (κ3) is 1.14. The molecule has 0 aliphatic rings. The quantitative estimate of drug-likeness (QED) is 0.685. The third-order valence-corrected chi connectivity index (χ3v) is 1.45. The van der Waals surface area contributed by atoms with Crippen LogP contribution in [0.15, 0.2) is 35.4 Å². The molecule has 0 aliphatic heterocycles. The Morgan fingerprint density at radius 2 is 2.00 bits per heavy atom. The van der Waals surface area contributed by atoms with Crippen molar-refractivity contribution in [1.29, 1.82) is 0 Å². The van der Waals surface area contributed by atoms with Gasteiger partial charge in [0, 0.05) is 0 Å². The van der Waals surface area contributed by atoms with E-state index in [-0.39, 0.29) is 0 Å². The number of hydrogen-bond donors (Lipinski definition) is 1. The molecule has 0 radical (unpaired) electrons. The van der Waals surface area contributed by atoms with Gasteiger partial charge in [-0.15, -0.1) is 0 Å². The van der Waals surface area contributed by atoms with Gasteiger partial charge < -0.3 is 10.2 Å². The van der Waals surface area contributed by atoms with Crippen LogP contribution < -0.4 is 5.73 Å². The van der Waals surface area contributed by atoms with Crippen LogP contribution in [0.3, 0.4) is 0 Å². The van der Waals surface area contributed by atoms with Gasteiger partial charge in [-0.05, 0) is 6.07 Å². The first-order valence-corrected chi connectivity index (χ1v) is 3.46. The minimum atomic E-state index is 0.558. The monoisotopic (exact) mass is 161 g/mol. The summed E-state index contributed by atoms with van der Waals surface area (Å²) >= 11 is 0. The predicted octanol–water partition coefficient (Wildman–Crippen LogP) is 1.32. The molecule has 4 nitrogen and oxygen atoms in total. The number of rotatable bonds is 1. The fraction of sp³-hybridized carbons (Fsp3) is 0. The van der Waals surface area contributed by atoms with Gasteiger partial charge in [-0.2, -0.15) is 0 Å². The molecular formula is C8H7N3O. The average Bonchev–Trinajstić information content (AvgIpc) is 2.58. The lowest BCUT2D eigenvalue weighted by Gasteiger charge is -1.94. The molecule has 2 aromatic heterocycles. The van der Waals surface area contributed by atoms with Gasteiger partial charge in [-0.3, -0.25) is 0 Å². The summed E-state index contributed by atoms with van der Waals surface area (Å²) in [5.41, 5.74) is 6.85. The summed E-state index contributed by atoms with van der Waals surface area (Å²) in [6, 6.07) is 1.80. The highest BCUT2D eigenvalue weighted by atomic mass is 16.3. The van der Waals surface area contributed by atoms with Crippen LogP contribution in [0.2, 0.25) is 0 Å². The summed E-state index contributed by atoms with van der Waals surface area (Å²) < 4.78 is 4.89. The Bertz CT molecular complexity index is 352. The first-order valence-electron chi connectivity index (χ1n) is 3.46. The van der Waals surface area contributed by atoms with Gasteiger partial charge in [0.1, 0.15) is 6.26 Å². The van der Waals surface area contributed by atoms with Crippen molar-refractivity contribution in [3.8, 4) is 11.4 Å². The van der Waals surface area contributed by atoms with Crippen LogP contribution in [0, 0.1) is 0 Å². The summed E-state index contributed by atoms with van der Waals surface area (Å²) in [5.74, 6) is 0.623. The van der Waals surface area contributed by atoms with Gasteiger partial charge in [0.25, 0.3) is 0 Å². The van der Waals surface area contributed by atoms with Crippen molar-refractivity contribution >= 4 is 5.69 Å². The number of nitrogen functional groups attached to an aromatic ring is 1. The molecule has 0 saturated carbocycles. The maximum Gasteiger partial charge on any atom is 0.162 e. The molecule has 0 amide bonds. The Morgan fingerprint density at radius 3 is 2.58 bits per heavy atom. The third-order valence-electron chi connectivity index (χ3n) is 1.45. The summed E-state index contributed by atoms with van der Waals surface area (Å²) in [4.78, 5) is 8.05. The fourth-order valence-electron chi connectivity index (χ4n) is 0.879. The van der Waals surface area contributed by atoms with E-state index in [9.17, 15) is 0 Å². The number of nitrogens with two attached hydrogens (primary N) is 1. The highest BCUT2D eigenvalue weighted by Gasteiger charge is 2.00.